The lowest BCUT2D eigenvalue weighted by atomic mass is 9.91. The van der Waals surface area contributed by atoms with Gasteiger partial charge in [-0.25, -0.2) is 0 Å². The summed E-state index contributed by atoms with van der Waals surface area (Å²) in [5, 5.41) is 3.59. The summed E-state index contributed by atoms with van der Waals surface area (Å²) in [6, 6.07) is 0. The second-order valence-corrected chi connectivity index (χ2v) is 5.79. The number of halogens is 1. The molecule has 2 aliphatic heterocycles. The van der Waals surface area contributed by atoms with Crippen molar-refractivity contribution in [1.82, 2.24) is 5.32 Å². The molecule has 0 aromatic rings. The lowest BCUT2D eigenvalue weighted by Gasteiger charge is -2.32. The minimum absolute atomic E-state index is 0. The van der Waals surface area contributed by atoms with Gasteiger partial charge in [0.1, 0.15) is 5.72 Å². The maximum absolute atomic E-state index is 5.91. The molecule has 4 heteroatoms. The highest BCUT2D eigenvalue weighted by atomic mass is 35.5. The largest absolute Gasteiger partial charge is 0.381 e. The third kappa shape index (κ3) is 3.59. The van der Waals surface area contributed by atoms with E-state index in [9.17, 15) is 0 Å². The maximum Gasteiger partial charge on any atom is 0.117 e. The molecule has 3 nitrogen and oxygen atoms in total. The fourth-order valence-corrected chi connectivity index (χ4v) is 2.74. The molecule has 2 fully saturated rings. The molecule has 2 rings (SSSR count). The van der Waals surface area contributed by atoms with Gasteiger partial charge in [-0.3, -0.25) is 5.32 Å². The fraction of sp³-hybridized carbons (Fsp3) is 1.00. The van der Waals surface area contributed by atoms with E-state index in [1.165, 1.54) is 12.8 Å². The Labute approximate surface area is 105 Å². The van der Waals surface area contributed by atoms with Crippen LogP contribution in [0.3, 0.4) is 0 Å². The zero-order valence-corrected chi connectivity index (χ0v) is 11.4. The van der Waals surface area contributed by atoms with Crippen LogP contribution in [0.25, 0.3) is 0 Å². The number of hydrogen-bond donors (Lipinski definition) is 1. The molecule has 2 heterocycles. The number of nitrogens with one attached hydrogen (secondary N) is 1. The van der Waals surface area contributed by atoms with Crippen LogP contribution in [0.4, 0.5) is 0 Å². The molecule has 1 atom stereocenters. The van der Waals surface area contributed by atoms with Gasteiger partial charge in [0.2, 0.25) is 0 Å². The summed E-state index contributed by atoms with van der Waals surface area (Å²) < 4.78 is 11.3. The third-order valence-corrected chi connectivity index (χ3v) is 3.37. The first kappa shape index (κ1) is 14.2. The van der Waals surface area contributed by atoms with Crippen LogP contribution >= 0.6 is 12.4 Å². The predicted molar refractivity (Wildman–Crippen MR) is 67.0 cm³/mol. The molecule has 0 spiro atoms. The SMILES string of the molecule is CC1(C)COC(C)(CC2CCOCC2)N1.Cl. The molecule has 1 unspecified atom stereocenters. The Kier molecular flexibility index (Phi) is 4.64. The van der Waals surface area contributed by atoms with Crippen LogP contribution in [0, 0.1) is 5.92 Å². The highest BCUT2D eigenvalue weighted by Crippen LogP contribution is 2.32. The van der Waals surface area contributed by atoms with Crippen molar-refractivity contribution in [3.05, 3.63) is 0 Å². The van der Waals surface area contributed by atoms with Crippen molar-refractivity contribution in [3.8, 4) is 0 Å². The molecule has 0 aromatic heterocycles. The Morgan fingerprint density at radius 3 is 2.31 bits per heavy atom. The van der Waals surface area contributed by atoms with Crippen LogP contribution in [-0.4, -0.2) is 31.1 Å². The molecular weight excluding hydrogens is 226 g/mol. The quantitative estimate of drug-likeness (QED) is 0.815. The monoisotopic (exact) mass is 249 g/mol. The van der Waals surface area contributed by atoms with Crippen molar-refractivity contribution in [2.24, 2.45) is 5.92 Å². The van der Waals surface area contributed by atoms with Crippen molar-refractivity contribution in [3.63, 3.8) is 0 Å². The summed E-state index contributed by atoms with van der Waals surface area (Å²) in [7, 11) is 0. The average molecular weight is 250 g/mol. The lowest BCUT2D eigenvalue weighted by Crippen LogP contribution is -2.47. The minimum atomic E-state index is -0.120. The summed E-state index contributed by atoms with van der Waals surface area (Å²) in [6.45, 7) is 9.22. The molecule has 0 amide bonds. The van der Waals surface area contributed by atoms with E-state index in [0.717, 1.165) is 32.2 Å². The first-order valence-electron chi connectivity index (χ1n) is 6.00. The van der Waals surface area contributed by atoms with E-state index in [1.807, 2.05) is 0 Å². The molecule has 2 aliphatic rings. The van der Waals surface area contributed by atoms with Gasteiger partial charge < -0.3 is 9.47 Å². The Bertz CT molecular complexity index is 229. The Hall–Kier alpha value is 0.170. The van der Waals surface area contributed by atoms with E-state index >= 15 is 0 Å². The van der Waals surface area contributed by atoms with Gasteiger partial charge in [-0.05, 0) is 46.0 Å². The van der Waals surface area contributed by atoms with Gasteiger partial charge in [-0.1, -0.05) is 0 Å². The van der Waals surface area contributed by atoms with E-state index in [0.29, 0.717) is 0 Å². The Morgan fingerprint density at radius 1 is 1.19 bits per heavy atom. The number of rotatable bonds is 2. The van der Waals surface area contributed by atoms with Crippen molar-refractivity contribution in [1.29, 1.82) is 0 Å². The van der Waals surface area contributed by atoms with Gasteiger partial charge in [0.25, 0.3) is 0 Å². The summed E-state index contributed by atoms with van der Waals surface area (Å²) in [5.41, 5.74) is 0.00538. The average Bonchev–Trinajstić information content (AvgIpc) is 2.42. The second kappa shape index (κ2) is 5.21. The molecule has 96 valence electrons. The normalized spacial score (nSPS) is 34.7. The molecular formula is C12H24ClNO2. The van der Waals surface area contributed by atoms with Gasteiger partial charge >= 0.3 is 0 Å². The molecule has 0 aromatic carbocycles. The standard InChI is InChI=1S/C12H23NO2.ClH/c1-11(2)9-15-12(3,13-11)8-10-4-6-14-7-5-10;/h10,13H,4-9H2,1-3H3;1H. The van der Waals surface area contributed by atoms with Gasteiger partial charge in [0.05, 0.1) is 6.61 Å². The highest BCUT2D eigenvalue weighted by Gasteiger charge is 2.41. The Morgan fingerprint density at radius 2 is 1.81 bits per heavy atom. The third-order valence-electron chi connectivity index (χ3n) is 3.37. The van der Waals surface area contributed by atoms with Crippen molar-refractivity contribution >= 4 is 12.4 Å². The number of ether oxygens (including phenoxy) is 2. The van der Waals surface area contributed by atoms with E-state index in [1.54, 1.807) is 0 Å². The second-order valence-electron chi connectivity index (χ2n) is 5.79. The lowest BCUT2D eigenvalue weighted by molar-refractivity contribution is -0.0313. The van der Waals surface area contributed by atoms with Crippen LogP contribution in [-0.2, 0) is 9.47 Å². The smallest absolute Gasteiger partial charge is 0.117 e. The molecule has 16 heavy (non-hydrogen) atoms. The van der Waals surface area contributed by atoms with Crippen LogP contribution in [0.5, 0.6) is 0 Å². The van der Waals surface area contributed by atoms with E-state index in [2.05, 4.69) is 26.1 Å². The molecule has 1 N–H and O–H groups in total. The van der Waals surface area contributed by atoms with Crippen molar-refractivity contribution in [2.45, 2.75) is 51.3 Å². The molecule has 0 aliphatic carbocycles. The van der Waals surface area contributed by atoms with Gasteiger partial charge in [-0.15, -0.1) is 12.4 Å². The van der Waals surface area contributed by atoms with E-state index in [4.69, 9.17) is 9.47 Å². The van der Waals surface area contributed by atoms with E-state index in [-0.39, 0.29) is 23.7 Å². The topological polar surface area (TPSA) is 30.5 Å². The Balaban J connectivity index is 0.00000128. The van der Waals surface area contributed by atoms with Gasteiger partial charge in [0, 0.05) is 18.8 Å². The summed E-state index contributed by atoms with van der Waals surface area (Å²) >= 11 is 0. The van der Waals surface area contributed by atoms with Crippen molar-refractivity contribution in [2.75, 3.05) is 19.8 Å². The first-order valence-corrected chi connectivity index (χ1v) is 6.00. The van der Waals surface area contributed by atoms with Crippen molar-refractivity contribution < 1.29 is 9.47 Å². The fourth-order valence-electron chi connectivity index (χ4n) is 2.74. The summed E-state index contributed by atoms with van der Waals surface area (Å²) in [5.74, 6) is 0.755. The zero-order valence-electron chi connectivity index (χ0n) is 10.5. The molecule has 0 radical (unpaired) electrons. The summed E-state index contributed by atoms with van der Waals surface area (Å²) in [4.78, 5) is 0. The number of hydrogen-bond acceptors (Lipinski definition) is 3. The maximum atomic E-state index is 5.91. The predicted octanol–water partition coefficient (Wildman–Crippen LogP) is 2.34. The van der Waals surface area contributed by atoms with Crippen LogP contribution in [0.15, 0.2) is 0 Å². The zero-order chi connectivity index (χ0) is 10.9. The molecule has 0 saturated carbocycles. The van der Waals surface area contributed by atoms with Crippen LogP contribution in [0.1, 0.15) is 40.0 Å². The highest BCUT2D eigenvalue weighted by molar-refractivity contribution is 5.85. The first-order chi connectivity index (χ1) is 6.99. The van der Waals surface area contributed by atoms with Crippen LogP contribution < -0.4 is 5.32 Å². The minimum Gasteiger partial charge on any atom is -0.381 e. The van der Waals surface area contributed by atoms with E-state index < -0.39 is 0 Å². The van der Waals surface area contributed by atoms with Gasteiger partial charge in [0.15, 0.2) is 0 Å². The summed E-state index contributed by atoms with van der Waals surface area (Å²) in [6.07, 6.45) is 3.47. The molecule has 2 saturated heterocycles. The van der Waals surface area contributed by atoms with Crippen LogP contribution in [0.2, 0.25) is 0 Å². The van der Waals surface area contributed by atoms with Gasteiger partial charge in [-0.2, -0.15) is 0 Å². The molecule has 0 bridgehead atoms.